The zero-order valence-corrected chi connectivity index (χ0v) is 8.20. The Balaban J connectivity index is 3.27. The standard InChI is InChI=1S/C9H12ClNO/c1-9(2,3)6-4-7(10)11-8(12)5-6/h4-5H,1-3H3,(H,11,12). The van der Waals surface area contributed by atoms with Gasteiger partial charge in [0.15, 0.2) is 0 Å². The molecule has 0 fully saturated rings. The lowest BCUT2D eigenvalue weighted by Crippen LogP contribution is -2.16. The van der Waals surface area contributed by atoms with Crippen LogP contribution in [0.15, 0.2) is 16.9 Å². The van der Waals surface area contributed by atoms with Crippen molar-refractivity contribution in [3.63, 3.8) is 0 Å². The van der Waals surface area contributed by atoms with Crippen LogP contribution in [0.4, 0.5) is 0 Å². The Morgan fingerprint density at radius 1 is 1.33 bits per heavy atom. The van der Waals surface area contributed by atoms with Gasteiger partial charge in [-0.2, -0.15) is 0 Å². The summed E-state index contributed by atoms with van der Waals surface area (Å²) in [5.74, 6) is 0. The Hall–Kier alpha value is -0.760. The van der Waals surface area contributed by atoms with E-state index in [0.717, 1.165) is 5.56 Å². The third kappa shape index (κ3) is 2.11. The molecule has 0 radical (unpaired) electrons. The van der Waals surface area contributed by atoms with Crippen LogP contribution in [-0.4, -0.2) is 4.98 Å². The molecule has 0 amide bonds. The zero-order chi connectivity index (χ0) is 9.35. The second kappa shape index (κ2) is 2.94. The normalized spacial score (nSPS) is 11.7. The lowest BCUT2D eigenvalue weighted by atomic mass is 9.88. The topological polar surface area (TPSA) is 32.9 Å². The maximum atomic E-state index is 11.0. The van der Waals surface area contributed by atoms with Crippen LogP contribution >= 0.6 is 11.6 Å². The van der Waals surface area contributed by atoms with Gasteiger partial charge in [-0.05, 0) is 17.0 Å². The second-order valence-corrected chi connectivity index (χ2v) is 4.24. The molecule has 0 spiro atoms. The van der Waals surface area contributed by atoms with Crippen LogP contribution < -0.4 is 5.56 Å². The van der Waals surface area contributed by atoms with E-state index in [1.807, 2.05) is 20.8 Å². The molecule has 1 heterocycles. The summed E-state index contributed by atoms with van der Waals surface area (Å²) in [5.41, 5.74) is 0.779. The van der Waals surface area contributed by atoms with E-state index < -0.39 is 0 Å². The van der Waals surface area contributed by atoms with Crippen LogP contribution in [-0.2, 0) is 5.41 Å². The summed E-state index contributed by atoms with van der Waals surface area (Å²) in [7, 11) is 0. The Labute approximate surface area is 76.6 Å². The van der Waals surface area contributed by atoms with E-state index in [2.05, 4.69) is 4.98 Å². The van der Waals surface area contributed by atoms with Crippen molar-refractivity contribution < 1.29 is 0 Å². The smallest absolute Gasteiger partial charge is 0.249 e. The monoisotopic (exact) mass is 185 g/mol. The van der Waals surface area contributed by atoms with Gasteiger partial charge in [0.25, 0.3) is 0 Å². The summed E-state index contributed by atoms with van der Waals surface area (Å²) < 4.78 is 0. The third-order valence-electron chi connectivity index (χ3n) is 1.68. The van der Waals surface area contributed by atoms with Gasteiger partial charge < -0.3 is 4.98 Å². The lowest BCUT2D eigenvalue weighted by molar-refractivity contribution is 0.588. The SMILES string of the molecule is CC(C)(C)c1cc(Cl)[nH]c(=O)c1. The van der Waals surface area contributed by atoms with Crippen molar-refractivity contribution in [3.8, 4) is 0 Å². The first-order valence-electron chi connectivity index (χ1n) is 3.80. The molecule has 0 aliphatic heterocycles. The summed E-state index contributed by atoms with van der Waals surface area (Å²) in [5, 5.41) is 0.396. The number of hydrogen-bond acceptors (Lipinski definition) is 1. The minimum atomic E-state index is -0.146. The minimum Gasteiger partial charge on any atom is -0.313 e. The van der Waals surface area contributed by atoms with Gasteiger partial charge in [-0.3, -0.25) is 4.79 Å². The number of aromatic nitrogens is 1. The van der Waals surface area contributed by atoms with E-state index in [-0.39, 0.29) is 11.0 Å². The van der Waals surface area contributed by atoms with Crippen LogP contribution in [0.5, 0.6) is 0 Å². The molecule has 66 valence electrons. The van der Waals surface area contributed by atoms with Crippen molar-refractivity contribution >= 4 is 11.6 Å². The summed E-state index contributed by atoms with van der Waals surface area (Å²) in [6, 6.07) is 3.36. The van der Waals surface area contributed by atoms with Crippen molar-refractivity contribution in [1.82, 2.24) is 4.98 Å². The molecule has 1 aromatic heterocycles. The Kier molecular flexibility index (Phi) is 2.29. The Morgan fingerprint density at radius 3 is 2.33 bits per heavy atom. The fourth-order valence-corrected chi connectivity index (χ4v) is 1.15. The van der Waals surface area contributed by atoms with Gasteiger partial charge >= 0.3 is 0 Å². The van der Waals surface area contributed by atoms with E-state index in [9.17, 15) is 4.79 Å². The molecule has 2 nitrogen and oxygen atoms in total. The quantitative estimate of drug-likeness (QED) is 0.619. The summed E-state index contributed by atoms with van der Waals surface area (Å²) in [6.07, 6.45) is 0. The fraction of sp³-hybridized carbons (Fsp3) is 0.444. The molecule has 1 N–H and O–H groups in total. The van der Waals surface area contributed by atoms with Crippen LogP contribution in [0, 0.1) is 0 Å². The van der Waals surface area contributed by atoms with Crippen LogP contribution in [0.25, 0.3) is 0 Å². The number of halogens is 1. The predicted molar refractivity (Wildman–Crippen MR) is 50.8 cm³/mol. The average molecular weight is 186 g/mol. The number of aromatic amines is 1. The highest BCUT2D eigenvalue weighted by Gasteiger charge is 2.14. The first-order valence-corrected chi connectivity index (χ1v) is 4.18. The lowest BCUT2D eigenvalue weighted by Gasteiger charge is -2.18. The van der Waals surface area contributed by atoms with Gasteiger partial charge in [0, 0.05) is 6.07 Å². The van der Waals surface area contributed by atoms with Crippen LogP contribution in [0.1, 0.15) is 26.3 Å². The molecule has 0 aliphatic carbocycles. The van der Waals surface area contributed by atoms with Gasteiger partial charge in [0.2, 0.25) is 5.56 Å². The summed E-state index contributed by atoms with van der Waals surface area (Å²) in [4.78, 5) is 13.5. The highest BCUT2D eigenvalue weighted by molar-refractivity contribution is 6.29. The largest absolute Gasteiger partial charge is 0.313 e. The highest BCUT2D eigenvalue weighted by Crippen LogP contribution is 2.21. The fourth-order valence-electron chi connectivity index (χ4n) is 0.942. The Morgan fingerprint density at radius 2 is 1.92 bits per heavy atom. The molecule has 12 heavy (non-hydrogen) atoms. The molecule has 0 aromatic carbocycles. The summed E-state index contributed by atoms with van der Waals surface area (Å²) in [6.45, 7) is 6.12. The minimum absolute atomic E-state index is 0.0299. The van der Waals surface area contributed by atoms with Crippen molar-refractivity contribution in [2.75, 3.05) is 0 Å². The number of hydrogen-bond donors (Lipinski definition) is 1. The average Bonchev–Trinajstić information content (AvgIpc) is 1.82. The first-order chi connectivity index (χ1) is 5.39. The summed E-state index contributed by atoms with van der Waals surface area (Å²) >= 11 is 5.70. The van der Waals surface area contributed by atoms with Gasteiger partial charge in [0.05, 0.1) is 0 Å². The van der Waals surface area contributed by atoms with Crippen molar-refractivity contribution in [3.05, 3.63) is 33.2 Å². The third-order valence-corrected chi connectivity index (χ3v) is 1.88. The molecule has 1 rings (SSSR count). The molecule has 0 saturated heterocycles. The van der Waals surface area contributed by atoms with E-state index in [0.29, 0.717) is 5.15 Å². The molecule has 0 atom stereocenters. The van der Waals surface area contributed by atoms with Crippen molar-refractivity contribution in [2.45, 2.75) is 26.2 Å². The van der Waals surface area contributed by atoms with E-state index >= 15 is 0 Å². The first kappa shape index (κ1) is 9.33. The molecule has 0 unspecified atom stereocenters. The van der Waals surface area contributed by atoms with Gasteiger partial charge in [-0.25, -0.2) is 0 Å². The molecule has 3 heteroatoms. The van der Waals surface area contributed by atoms with Crippen molar-refractivity contribution in [2.24, 2.45) is 0 Å². The molecular formula is C9H12ClNO. The zero-order valence-electron chi connectivity index (χ0n) is 7.44. The maximum absolute atomic E-state index is 11.0. The number of nitrogens with one attached hydrogen (secondary N) is 1. The number of pyridine rings is 1. The van der Waals surface area contributed by atoms with E-state index in [4.69, 9.17) is 11.6 Å². The Bertz CT molecular complexity index is 335. The molecule has 0 aliphatic rings. The molecule has 0 bridgehead atoms. The van der Waals surface area contributed by atoms with E-state index in [1.54, 1.807) is 12.1 Å². The van der Waals surface area contributed by atoms with Gasteiger partial charge in [0.1, 0.15) is 5.15 Å². The van der Waals surface area contributed by atoms with Gasteiger partial charge in [-0.15, -0.1) is 0 Å². The predicted octanol–water partition coefficient (Wildman–Crippen LogP) is 2.33. The second-order valence-electron chi connectivity index (χ2n) is 3.83. The van der Waals surface area contributed by atoms with Gasteiger partial charge in [-0.1, -0.05) is 32.4 Å². The van der Waals surface area contributed by atoms with Crippen molar-refractivity contribution in [1.29, 1.82) is 0 Å². The molecule has 1 aromatic rings. The molecule has 0 saturated carbocycles. The maximum Gasteiger partial charge on any atom is 0.249 e. The van der Waals surface area contributed by atoms with Crippen LogP contribution in [0.3, 0.4) is 0 Å². The molecular weight excluding hydrogens is 174 g/mol. The van der Waals surface area contributed by atoms with Crippen LogP contribution in [0.2, 0.25) is 5.15 Å². The number of rotatable bonds is 0. The number of H-pyrrole nitrogens is 1. The van der Waals surface area contributed by atoms with E-state index in [1.165, 1.54) is 0 Å². The highest BCUT2D eigenvalue weighted by atomic mass is 35.5.